The predicted octanol–water partition coefficient (Wildman–Crippen LogP) is 2.14. The number of hydrogen-bond donors (Lipinski definition) is 0. The van der Waals surface area contributed by atoms with Gasteiger partial charge in [0.1, 0.15) is 5.69 Å². The molecule has 122 valence electrons. The van der Waals surface area contributed by atoms with Gasteiger partial charge in [-0.25, -0.2) is 4.68 Å². The van der Waals surface area contributed by atoms with Crippen molar-refractivity contribution in [1.82, 2.24) is 19.9 Å². The van der Waals surface area contributed by atoms with E-state index in [1.54, 1.807) is 7.11 Å². The summed E-state index contributed by atoms with van der Waals surface area (Å²) in [5.74, 6) is 0.151. The van der Waals surface area contributed by atoms with Crippen molar-refractivity contribution in [1.29, 1.82) is 0 Å². The van der Waals surface area contributed by atoms with Gasteiger partial charge in [-0.05, 0) is 6.42 Å². The van der Waals surface area contributed by atoms with E-state index < -0.39 is 0 Å². The number of nitrogens with zero attached hydrogens (tertiary/aromatic N) is 4. The maximum atomic E-state index is 12.2. The monoisotopic (exact) mass is 314 g/mol. The Morgan fingerprint density at radius 1 is 1.35 bits per heavy atom. The smallest absolute Gasteiger partial charge is 0.225 e. The summed E-state index contributed by atoms with van der Waals surface area (Å²) in [5.41, 5.74) is 1.91. The number of aromatic nitrogens is 3. The third kappa shape index (κ3) is 3.42. The molecule has 1 fully saturated rings. The van der Waals surface area contributed by atoms with Crippen LogP contribution in [0.1, 0.15) is 25.8 Å². The molecule has 0 bridgehead atoms. The quantitative estimate of drug-likeness (QED) is 0.819. The number of carbonyl (C=O) groups excluding carboxylic acids is 1. The summed E-state index contributed by atoms with van der Waals surface area (Å²) in [4.78, 5) is 14.0. The molecular weight excluding hydrogens is 292 g/mol. The zero-order chi connectivity index (χ0) is 16.2. The second kappa shape index (κ2) is 6.91. The summed E-state index contributed by atoms with van der Waals surface area (Å²) in [6.45, 7) is 3.41. The van der Waals surface area contributed by atoms with Crippen LogP contribution in [0.2, 0.25) is 0 Å². The van der Waals surface area contributed by atoms with E-state index in [9.17, 15) is 4.79 Å². The number of amides is 1. The molecule has 1 aliphatic rings. The number of benzene rings is 1. The number of rotatable bonds is 6. The lowest BCUT2D eigenvalue weighted by Gasteiger charge is -2.39. The van der Waals surface area contributed by atoms with E-state index in [0.717, 1.165) is 17.7 Å². The molecule has 0 spiro atoms. The second-order valence-electron chi connectivity index (χ2n) is 5.87. The lowest BCUT2D eigenvalue weighted by Crippen LogP contribution is -2.51. The van der Waals surface area contributed by atoms with Gasteiger partial charge in [-0.3, -0.25) is 4.79 Å². The van der Waals surface area contributed by atoms with Crippen molar-refractivity contribution in [3.63, 3.8) is 0 Å². The lowest BCUT2D eigenvalue weighted by molar-refractivity contribution is -0.139. The van der Waals surface area contributed by atoms with Gasteiger partial charge in [-0.15, -0.1) is 5.10 Å². The van der Waals surface area contributed by atoms with Crippen LogP contribution in [0.25, 0.3) is 11.3 Å². The minimum Gasteiger partial charge on any atom is -0.381 e. The second-order valence-corrected chi connectivity index (χ2v) is 5.87. The molecule has 0 saturated carbocycles. The van der Waals surface area contributed by atoms with Gasteiger partial charge in [0.25, 0.3) is 0 Å². The molecule has 2 heterocycles. The van der Waals surface area contributed by atoms with Gasteiger partial charge in [-0.2, -0.15) is 0 Å². The molecule has 2 aromatic rings. The number of carbonyl (C=O) groups is 1. The van der Waals surface area contributed by atoms with Crippen molar-refractivity contribution in [3.05, 3.63) is 36.5 Å². The Kier molecular flexibility index (Phi) is 4.71. The van der Waals surface area contributed by atoms with Crippen molar-refractivity contribution in [3.8, 4) is 11.3 Å². The SMILES string of the molecule is CCC(CC(=O)N1CC(n2cc(-c3ccccc3)nn2)C1)OC. The van der Waals surface area contributed by atoms with Gasteiger partial charge >= 0.3 is 0 Å². The van der Waals surface area contributed by atoms with Gasteiger partial charge in [0.2, 0.25) is 5.91 Å². The van der Waals surface area contributed by atoms with Crippen LogP contribution in [0.15, 0.2) is 36.5 Å². The summed E-state index contributed by atoms with van der Waals surface area (Å²) in [5, 5.41) is 8.43. The molecule has 6 heteroatoms. The van der Waals surface area contributed by atoms with Crippen LogP contribution >= 0.6 is 0 Å². The molecule has 3 rings (SSSR count). The Labute approximate surface area is 136 Å². The van der Waals surface area contributed by atoms with Gasteiger partial charge in [0, 0.05) is 25.8 Å². The van der Waals surface area contributed by atoms with Crippen LogP contribution < -0.4 is 0 Å². The summed E-state index contributed by atoms with van der Waals surface area (Å²) < 4.78 is 7.14. The fraction of sp³-hybridized carbons (Fsp3) is 0.471. The molecule has 1 aromatic carbocycles. The minimum absolute atomic E-state index is 0.0117. The zero-order valence-electron chi connectivity index (χ0n) is 13.6. The standard InChI is InChI=1S/C17H22N4O2/c1-3-15(23-2)9-17(22)20-10-14(11-20)21-12-16(18-19-21)13-7-5-4-6-8-13/h4-8,12,14-15H,3,9-11H2,1-2H3. The molecule has 0 aliphatic carbocycles. The van der Waals surface area contributed by atoms with Crippen LogP contribution in [0.5, 0.6) is 0 Å². The van der Waals surface area contributed by atoms with E-state index in [1.807, 2.05) is 53.0 Å². The normalized spacial score (nSPS) is 16.2. The molecular formula is C17H22N4O2. The van der Waals surface area contributed by atoms with Crippen molar-refractivity contribution in [2.75, 3.05) is 20.2 Å². The maximum absolute atomic E-state index is 12.2. The lowest BCUT2D eigenvalue weighted by atomic mass is 10.1. The van der Waals surface area contributed by atoms with E-state index in [2.05, 4.69) is 10.3 Å². The van der Waals surface area contributed by atoms with Crippen LogP contribution in [-0.4, -0.2) is 52.1 Å². The van der Waals surface area contributed by atoms with Crippen LogP contribution in [0.3, 0.4) is 0 Å². The molecule has 1 aromatic heterocycles. The van der Waals surface area contributed by atoms with Gasteiger partial charge in [-0.1, -0.05) is 42.5 Å². The molecule has 1 atom stereocenters. The van der Waals surface area contributed by atoms with Crippen molar-refractivity contribution in [2.24, 2.45) is 0 Å². The summed E-state index contributed by atoms with van der Waals surface area (Å²) >= 11 is 0. The first-order chi connectivity index (χ1) is 11.2. The zero-order valence-corrected chi connectivity index (χ0v) is 13.6. The molecule has 0 radical (unpaired) electrons. The highest BCUT2D eigenvalue weighted by atomic mass is 16.5. The van der Waals surface area contributed by atoms with Crippen LogP contribution in [-0.2, 0) is 9.53 Å². The Balaban J connectivity index is 1.56. The fourth-order valence-corrected chi connectivity index (χ4v) is 2.74. The molecule has 6 nitrogen and oxygen atoms in total. The van der Waals surface area contributed by atoms with Gasteiger partial charge < -0.3 is 9.64 Å². The topological polar surface area (TPSA) is 60.2 Å². The number of likely N-dealkylation sites (tertiary alicyclic amines) is 1. The Morgan fingerprint density at radius 2 is 2.09 bits per heavy atom. The summed E-state index contributed by atoms with van der Waals surface area (Å²) in [6, 6.07) is 10.2. The molecule has 1 unspecified atom stereocenters. The molecule has 1 aliphatic heterocycles. The van der Waals surface area contributed by atoms with E-state index in [-0.39, 0.29) is 18.1 Å². The minimum atomic E-state index is 0.0117. The number of methoxy groups -OCH3 is 1. The highest BCUT2D eigenvalue weighted by Gasteiger charge is 2.33. The molecule has 1 saturated heterocycles. The maximum Gasteiger partial charge on any atom is 0.225 e. The largest absolute Gasteiger partial charge is 0.381 e. The third-order valence-corrected chi connectivity index (χ3v) is 4.36. The number of ether oxygens (including phenoxy) is 1. The van der Waals surface area contributed by atoms with Crippen molar-refractivity contribution in [2.45, 2.75) is 31.9 Å². The molecule has 23 heavy (non-hydrogen) atoms. The van der Waals surface area contributed by atoms with E-state index >= 15 is 0 Å². The Morgan fingerprint density at radius 3 is 2.74 bits per heavy atom. The fourth-order valence-electron chi connectivity index (χ4n) is 2.74. The first-order valence-corrected chi connectivity index (χ1v) is 7.99. The average Bonchev–Trinajstić information content (AvgIpc) is 3.01. The van der Waals surface area contributed by atoms with E-state index in [0.29, 0.717) is 19.5 Å². The van der Waals surface area contributed by atoms with E-state index in [4.69, 9.17) is 4.74 Å². The first-order valence-electron chi connectivity index (χ1n) is 7.99. The summed E-state index contributed by atoms with van der Waals surface area (Å²) in [7, 11) is 1.65. The average molecular weight is 314 g/mol. The van der Waals surface area contributed by atoms with Gasteiger partial charge in [0.15, 0.2) is 0 Å². The van der Waals surface area contributed by atoms with Crippen LogP contribution in [0.4, 0.5) is 0 Å². The van der Waals surface area contributed by atoms with E-state index in [1.165, 1.54) is 0 Å². The first kappa shape index (κ1) is 15.7. The third-order valence-electron chi connectivity index (χ3n) is 4.36. The Hall–Kier alpha value is -2.21. The van der Waals surface area contributed by atoms with Crippen molar-refractivity contribution < 1.29 is 9.53 Å². The predicted molar refractivity (Wildman–Crippen MR) is 86.8 cm³/mol. The van der Waals surface area contributed by atoms with Crippen molar-refractivity contribution >= 4 is 5.91 Å². The number of hydrogen-bond acceptors (Lipinski definition) is 4. The van der Waals surface area contributed by atoms with Crippen LogP contribution in [0, 0.1) is 0 Å². The molecule has 0 N–H and O–H groups in total. The highest BCUT2D eigenvalue weighted by Crippen LogP contribution is 2.24. The molecule has 1 amide bonds. The van der Waals surface area contributed by atoms with Gasteiger partial charge in [0.05, 0.1) is 24.8 Å². The highest BCUT2D eigenvalue weighted by molar-refractivity contribution is 5.77. The Bertz CT molecular complexity index is 646. The summed E-state index contributed by atoms with van der Waals surface area (Å²) in [6.07, 6.45) is 3.26.